The lowest BCUT2D eigenvalue weighted by Gasteiger charge is -2.13. The number of fused-ring (bicyclic) bond motifs is 1. The molecule has 1 fully saturated rings. The van der Waals surface area contributed by atoms with E-state index in [1.165, 1.54) is 7.11 Å². The minimum atomic E-state index is -0.509. The Morgan fingerprint density at radius 1 is 1.10 bits per heavy atom. The Bertz CT molecular complexity index is 1020. The van der Waals surface area contributed by atoms with Crippen LogP contribution in [-0.2, 0) is 14.3 Å². The first-order chi connectivity index (χ1) is 14.5. The van der Waals surface area contributed by atoms with E-state index in [2.05, 4.69) is 5.32 Å². The maximum Gasteiger partial charge on any atom is 0.294 e. The van der Waals surface area contributed by atoms with Crippen LogP contribution in [0.4, 0.5) is 4.79 Å². The highest BCUT2D eigenvalue weighted by molar-refractivity contribution is 8.18. The zero-order chi connectivity index (χ0) is 21.7. The lowest BCUT2D eigenvalue weighted by atomic mass is 10.0. The summed E-state index contributed by atoms with van der Waals surface area (Å²) in [5.74, 6) is 0.356. The smallest absolute Gasteiger partial charge is 0.294 e. The maximum absolute atomic E-state index is 12.8. The van der Waals surface area contributed by atoms with Crippen LogP contribution in [0, 0.1) is 0 Å². The Morgan fingerprint density at radius 2 is 1.87 bits per heavy atom. The number of rotatable bonds is 8. The van der Waals surface area contributed by atoms with Crippen molar-refractivity contribution in [1.82, 2.24) is 10.2 Å². The molecule has 1 N–H and O–H groups in total. The van der Waals surface area contributed by atoms with E-state index in [1.807, 2.05) is 18.2 Å². The van der Waals surface area contributed by atoms with Crippen LogP contribution < -0.4 is 14.8 Å². The summed E-state index contributed by atoms with van der Waals surface area (Å²) in [6.45, 7) is 0.317. The van der Waals surface area contributed by atoms with Gasteiger partial charge in [-0.1, -0.05) is 18.2 Å². The third-order valence-electron chi connectivity index (χ3n) is 4.52. The number of carbonyl (C=O) groups excluding carboxylic acids is 3. The molecule has 1 saturated heterocycles. The zero-order valence-electron chi connectivity index (χ0n) is 16.9. The second kappa shape index (κ2) is 9.64. The molecule has 158 valence electrons. The average molecular weight is 430 g/mol. The first-order valence-electron chi connectivity index (χ1n) is 9.14. The van der Waals surface area contributed by atoms with Gasteiger partial charge in [0.1, 0.15) is 18.0 Å². The van der Waals surface area contributed by atoms with E-state index >= 15 is 0 Å². The summed E-state index contributed by atoms with van der Waals surface area (Å²) in [6, 6.07) is 9.15. The Hall–Kier alpha value is -3.04. The highest BCUT2D eigenvalue weighted by Crippen LogP contribution is 2.38. The monoisotopic (exact) mass is 430 g/mol. The first kappa shape index (κ1) is 21.7. The SMILES string of the molecule is COCCNC(=O)CN1C(=O)S/C(=C\c2ccc(OC)c3cccc(OC)c23)C1=O. The fraction of sp³-hybridized carbons (Fsp3) is 0.286. The summed E-state index contributed by atoms with van der Waals surface area (Å²) in [5.41, 5.74) is 0.707. The fourth-order valence-corrected chi connectivity index (χ4v) is 3.94. The number of thioether (sulfide) groups is 1. The highest BCUT2D eigenvalue weighted by Gasteiger charge is 2.36. The van der Waals surface area contributed by atoms with Gasteiger partial charge in [0.2, 0.25) is 5.91 Å². The van der Waals surface area contributed by atoms with Gasteiger partial charge in [-0.2, -0.15) is 0 Å². The minimum Gasteiger partial charge on any atom is -0.496 e. The number of nitrogens with zero attached hydrogens (tertiary/aromatic N) is 1. The zero-order valence-corrected chi connectivity index (χ0v) is 17.7. The Morgan fingerprint density at radius 3 is 2.57 bits per heavy atom. The molecule has 0 aromatic heterocycles. The van der Waals surface area contributed by atoms with Gasteiger partial charge in [0.05, 0.1) is 25.7 Å². The molecule has 1 heterocycles. The molecule has 0 atom stereocenters. The number of carbonyl (C=O) groups is 3. The second-order valence-electron chi connectivity index (χ2n) is 6.35. The third-order valence-corrected chi connectivity index (χ3v) is 5.43. The van der Waals surface area contributed by atoms with Gasteiger partial charge < -0.3 is 19.5 Å². The van der Waals surface area contributed by atoms with Crippen LogP contribution in [0.15, 0.2) is 35.2 Å². The van der Waals surface area contributed by atoms with Crippen molar-refractivity contribution >= 4 is 45.7 Å². The molecule has 0 unspecified atom stereocenters. The van der Waals surface area contributed by atoms with Crippen LogP contribution in [0.3, 0.4) is 0 Å². The molecular formula is C21H22N2O6S. The summed E-state index contributed by atoms with van der Waals surface area (Å²) in [7, 11) is 4.66. The number of nitrogens with one attached hydrogen (secondary N) is 1. The van der Waals surface area contributed by atoms with Crippen LogP contribution in [0.25, 0.3) is 16.8 Å². The third kappa shape index (κ3) is 4.42. The fourth-order valence-electron chi connectivity index (χ4n) is 3.11. The van der Waals surface area contributed by atoms with Crippen LogP contribution in [-0.4, -0.2) is 63.0 Å². The molecule has 2 aromatic carbocycles. The minimum absolute atomic E-state index is 0.238. The summed E-state index contributed by atoms with van der Waals surface area (Å²) >= 11 is 0.801. The molecule has 8 nitrogen and oxygen atoms in total. The maximum atomic E-state index is 12.8. The summed E-state index contributed by atoms with van der Waals surface area (Å²) < 4.78 is 15.8. The normalized spacial score (nSPS) is 15.2. The number of ether oxygens (including phenoxy) is 3. The largest absolute Gasteiger partial charge is 0.496 e. The molecular weight excluding hydrogens is 408 g/mol. The van der Waals surface area contributed by atoms with Gasteiger partial charge >= 0.3 is 0 Å². The van der Waals surface area contributed by atoms with Crippen molar-refractivity contribution in [1.29, 1.82) is 0 Å². The molecule has 30 heavy (non-hydrogen) atoms. The van der Waals surface area contributed by atoms with E-state index in [1.54, 1.807) is 32.4 Å². The molecule has 0 spiro atoms. The molecule has 1 aliphatic heterocycles. The lowest BCUT2D eigenvalue weighted by molar-refractivity contribution is -0.129. The molecule has 2 aromatic rings. The van der Waals surface area contributed by atoms with Crippen molar-refractivity contribution in [2.75, 3.05) is 41.0 Å². The van der Waals surface area contributed by atoms with Crippen LogP contribution in [0.2, 0.25) is 0 Å². The van der Waals surface area contributed by atoms with Crippen molar-refractivity contribution in [3.8, 4) is 11.5 Å². The molecule has 0 radical (unpaired) electrons. The predicted octanol–water partition coefficient (Wildman–Crippen LogP) is 2.66. The number of hydrogen-bond acceptors (Lipinski definition) is 7. The number of benzene rings is 2. The topological polar surface area (TPSA) is 94.2 Å². The van der Waals surface area contributed by atoms with Crippen LogP contribution in [0.1, 0.15) is 5.56 Å². The van der Waals surface area contributed by atoms with E-state index in [-0.39, 0.29) is 11.4 Å². The van der Waals surface area contributed by atoms with Crippen molar-refractivity contribution in [3.05, 3.63) is 40.8 Å². The second-order valence-corrected chi connectivity index (χ2v) is 7.34. The van der Waals surface area contributed by atoms with E-state index in [9.17, 15) is 14.4 Å². The Balaban J connectivity index is 1.91. The number of imide groups is 1. The van der Waals surface area contributed by atoms with Gasteiger partial charge in [-0.25, -0.2) is 0 Å². The van der Waals surface area contributed by atoms with Gasteiger partial charge in [0, 0.05) is 24.4 Å². The summed E-state index contributed by atoms with van der Waals surface area (Å²) in [4.78, 5) is 38.2. The molecule has 1 aliphatic rings. The molecule has 0 saturated carbocycles. The molecule has 0 bridgehead atoms. The van der Waals surface area contributed by atoms with Gasteiger partial charge in [-0.3, -0.25) is 19.3 Å². The number of amides is 3. The van der Waals surface area contributed by atoms with E-state index in [4.69, 9.17) is 14.2 Å². The quantitative estimate of drug-likeness (QED) is 0.508. The van der Waals surface area contributed by atoms with Gasteiger partial charge in [0.25, 0.3) is 11.1 Å². The van der Waals surface area contributed by atoms with Crippen molar-refractivity contribution in [3.63, 3.8) is 0 Å². The average Bonchev–Trinajstić information content (AvgIpc) is 3.01. The first-order valence-corrected chi connectivity index (χ1v) is 9.96. The van der Waals surface area contributed by atoms with Crippen LogP contribution in [0.5, 0.6) is 11.5 Å². The van der Waals surface area contributed by atoms with E-state index < -0.39 is 17.1 Å². The highest BCUT2D eigenvalue weighted by atomic mass is 32.2. The van der Waals surface area contributed by atoms with Gasteiger partial charge in [0.15, 0.2) is 0 Å². The van der Waals surface area contributed by atoms with Gasteiger partial charge in [-0.05, 0) is 35.5 Å². The molecule has 0 aliphatic carbocycles. The van der Waals surface area contributed by atoms with Crippen molar-refractivity contribution < 1.29 is 28.6 Å². The summed E-state index contributed by atoms with van der Waals surface area (Å²) in [6.07, 6.45) is 1.64. The van der Waals surface area contributed by atoms with Gasteiger partial charge in [-0.15, -0.1) is 0 Å². The van der Waals surface area contributed by atoms with Crippen molar-refractivity contribution in [2.45, 2.75) is 0 Å². The van der Waals surface area contributed by atoms with E-state index in [0.29, 0.717) is 30.2 Å². The standard InChI is InChI=1S/C21H22N2O6S/c1-27-10-9-22-18(24)12-23-20(25)17(30-21(23)26)11-13-7-8-15(28-2)14-5-4-6-16(29-3)19(13)14/h4-8,11H,9-10,12H2,1-3H3,(H,22,24)/b17-11-. The molecule has 9 heteroatoms. The summed E-state index contributed by atoms with van der Waals surface area (Å²) in [5, 5.41) is 3.70. The van der Waals surface area contributed by atoms with Crippen molar-refractivity contribution in [2.24, 2.45) is 0 Å². The molecule has 3 amide bonds. The number of methoxy groups -OCH3 is 3. The van der Waals surface area contributed by atoms with E-state index in [0.717, 1.165) is 27.4 Å². The van der Waals surface area contributed by atoms with Crippen LogP contribution >= 0.6 is 11.8 Å². The molecule has 3 rings (SSSR count). The Kier molecular flexibility index (Phi) is 6.96. The lowest BCUT2D eigenvalue weighted by Crippen LogP contribution is -2.40. The predicted molar refractivity (Wildman–Crippen MR) is 115 cm³/mol. The Labute approximate surface area is 178 Å². The number of hydrogen-bond donors (Lipinski definition) is 1.